The Morgan fingerprint density at radius 3 is 2.33 bits per heavy atom. The normalized spacial score (nSPS) is 11.2. The summed E-state index contributed by atoms with van der Waals surface area (Å²) in [6, 6.07) is 21.9. The molecule has 2 heterocycles. The zero-order chi connectivity index (χ0) is 16.2. The number of nitrogens with one attached hydrogen (secondary N) is 1. The minimum atomic E-state index is 0.646. The maximum absolute atomic E-state index is 4.76. The highest BCUT2D eigenvalue weighted by Crippen LogP contribution is 2.26. The smallest absolute Gasteiger partial charge is 0.173 e. The second-order valence-corrected chi connectivity index (χ2v) is 6.14. The van der Waals surface area contributed by atoms with Crippen LogP contribution in [0, 0.1) is 0 Å². The number of anilines is 1. The lowest BCUT2D eigenvalue weighted by Gasteiger charge is -2.09. The molecule has 2 aromatic carbocycles. The van der Waals surface area contributed by atoms with Crippen molar-refractivity contribution in [1.82, 2.24) is 9.97 Å². The largest absolute Gasteiger partial charge is 0.259 e. The average molecular weight is 330 g/mol. The molecule has 0 fully saturated rings. The molecule has 0 amide bonds. The molecule has 4 aromatic rings. The van der Waals surface area contributed by atoms with Gasteiger partial charge in [-0.15, -0.1) is 11.3 Å². The highest BCUT2D eigenvalue weighted by molar-refractivity contribution is 7.11. The van der Waals surface area contributed by atoms with Gasteiger partial charge in [-0.1, -0.05) is 48.5 Å². The molecule has 0 radical (unpaired) electrons. The van der Waals surface area contributed by atoms with E-state index in [1.807, 2.05) is 72.1 Å². The lowest BCUT2D eigenvalue weighted by molar-refractivity contribution is 1.22. The van der Waals surface area contributed by atoms with Crippen LogP contribution in [0.2, 0.25) is 0 Å². The summed E-state index contributed by atoms with van der Waals surface area (Å²) in [5.74, 6) is 0.646. The highest BCUT2D eigenvalue weighted by atomic mass is 32.1. The molecule has 0 unspecified atom stereocenters. The van der Waals surface area contributed by atoms with Gasteiger partial charge in [0.05, 0.1) is 17.2 Å². The third-order valence-corrected chi connectivity index (χ3v) is 4.33. The number of benzene rings is 2. The minimum Gasteiger partial charge on any atom is -0.259 e. The van der Waals surface area contributed by atoms with E-state index in [1.165, 1.54) is 0 Å². The number of thiophene rings is 1. The summed E-state index contributed by atoms with van der Waals surface area (Å²) in [7, 11) is 0. The molecule has 0 saturated carbocycles. The Balaban J connectivity index is 1.76. The third kappa shape index (κ3) is 3.02. The van der Waals surface area contributed by atoms with E-state index in [-0.39, 0.29) is 0 Å². The molecular formula is C19H14N4S. The number of hydrazone groups is 1. The summed E-state index contributed by atoms with van der Waals surface area (Å²) in [5.41, 5.74) is 6.54. The van der Waals surface area contributed by atoms with Gasteiger partial charge in [-0.25, -0.2) is 9.97 Å². The SMILES string of the molecule is C(=N\Nc1nc2ccccc2nc1-c1ccccc1)/c1cccs1. The Hall–Kier alpha value is -3.05. The molecule has 0 aliphatic heterocycles. The first-order chi connectivity index (χ1) is 11.9. The fourth-order valence-electron chi connectivity index (χ4n) is 2.40. The number of nitrogens with zero attached hydrogens (tertiary/aromatic N) is 3. The number of para-hydroxylation sites is 2. The predicted octanol–water partition coefficient (Wildman–Crippen LogP) is 4.80. The Morgan fingerprint density at radius 1 is 0.833 bits per heavy atom. The van der Waals surface area contributed by atoms with Crippen molar-refractivity contribution in [2.75, 3.05) is 5.43 Å². The second-order valence-electron chi connectivity index (χ2n) is 5.16. The monoisotopic (exact) mass is 330 g/mol. The quantitative estimate of drug-likeness (QED) is 0.432. The third-order valence-electron chi connectivity index (χ3n) is 3.52. The summed E-state index contributed by atoms with van der Waals surface area (Å²) in [6.07, 6.45) is 1.79. The number of fused-ring (bicyclic) bond motifs is 1. The Kier molecular flexibility index (Phi) is 4.00. The molecule has 4 rings (SSSR count). The first-order valence-corrected chi connectivity index (χ1v) is 8.43. The fourth-order valence-corrected chi connectivity index (χ4v) is 2.98. The van der Waals surface area contributed by atoms with Crippen LogP contribution >= 0.6 is 11.3 Å². The van der Waals surface area contributed by atoms with Crippen LogP contribution in [0.15, 0.2) is 77.2 Å². The predicted molar refractivity (Wildman–Crippen MR) is 101 cm³/mol. The minimum absolute atomic E-state index is 0.646. The van der Waals surface area contributed by atoms with Crippen molar-refractivity contribution >= 4 is 34.4 Å². The summed E-state index contributed by atoms with van der Waals surface area (Å²) in [4.78, 5) is 10.5. The van der Waals surface area contributed by atoms with Crippen LogP contribution in [0.1, 0.15) is 4.88 Å². The molecule has 0 atom stereocenters. The number of hydrogen-bond donors (Lipinski definition) is 1. The van der Waals surface area contributed by atoms with E-state index in [9.17, 15) is 0 Å². The van der Waals surface area contributed by atoms with Crippen LogP contribution in [0.25, 0.3) is 22.3 Å². The van der Waals surface area contributed by atoms with Gasteiger partial charge in [-0.2, -0.15) is 5.10 Å². The lowest BCUT2D eigenvalue weighted by Crippen LogP contribution is -1.99. The zero-order valence-electron chi connectivity index (χ0n) is 12.8. The molecule has 24 heavy (non-hydrogen) atoms. The molecule has 0 aliphatic carbocycles. The van der Waals surface area contributed by atoms with Crippen LogP contribution < -0.4 is 5.43 Å². The molecule has 1 N–H and O–H groups in total. The standard InChI is InChI=1S/C19H14N4S/c1-2-7-14(8-3-1)18-19(23-20-13-15-9-6-12-24-15)22-17-11-5-4-10-16(17)21-18/h1-13H,(H,22,23)/b20-13+. The van der Waals surface area contributed by atoms with Gasteiger partial charge in [0, 0.05) is 10.4 Å². The summed E-state index contributed by atoms with van der Waals surface area (Å²) < 4.78 is 0. The van der Waals surface area contributed by atoms with Crippen LogP contribution in [0.5, 0.6) is 0 Å². The van der Waals surface area contributed by atoms with Crippen molar-refractivity contribution < 1.29 is 0 Å². The van der Waals surface area contributed by atoms with Gasteiger partial charge in [0.25, 0.3) is 0 Å². The number of hydrogen-bond acceptors (Lipinski definition) is 5. The molecule has 0 spiro atoms. The van der Waals surface area contributed by atoms with Gasteiger partial charge in [0.15, 0.2) is 5.82 Å². The Morgan fingerprint density at radius 2 is 1.58 bits per heavy atom. The van der Waals surface area contributed by atoms with Crippen LogP contribution in [0.4, 0.5) is 5.82 Å². The lowest BCUT2D eigenvalue weighted by atomic mass is 10.1. The van der Waals surface area contributed by atoms with Gasteiger partial charge in [0.1, 0.15) is 5.69 Å². The van der Waals surface area contributed by atoms with E-state index in [1.54, 1.807) is 17.6 Å². The van der Waals surface area contributed by atoms with Crippen molar-refractivity contribution in [2.45, 2.75) is 0 Å². The fraction of sp³-hybridized carbons (Fsp3) is 0. The van der Waals surface area contributed by atoms with E-state index in [0.717, 1.165) is 27.2 Å². The van der Waals surface area contributed by atoms with Gasteiger partial charge in [-0.3, -0.25) is 5.43 Å². The van der Waals surface area contributed by atoms with Crippen LogP contribution in [-0.2, 0) is 0 Å². The van der Waals surface area contributed by atoms with E-state index in [2.05, 4.69) is 15.5 Å². The summed E-state index contributed by atoms with van der Waals surface area (Å²) >= 11 is 1.64. The topological polar surface area (TPSA) is 50.2 Å². The molecular weight excluding hydrogens is 316 g/mol. The zero-order valence-corrected chi connectivity index (χ0v) is 13.6. The van der Waals surface area contributed by atoms with Crippen molar-refractivity contribution in [1.29, 1.82) is 0 Å². The van der Waals surface area contributed by atoms with Crippen molar-refractivity contribution in [3.8, 4) is 11.3 Å². The molecule has 116 valence electrons. The maximum atomic E-state index is 4.76. The number of aromatic nitrogens is 2. The maximum Gasteiger partial charge on any atom is 0.173 e. The van der Waals surface area contributed by atoms with Crippen molar-refractivity contribution in [3.63, 3.8) is 0 Å². The van der Waals surface area contributed by atoms with Crippen molar-refractivity contribution in [2.24, 2.45) is 5.10 Å². The first-order valence-electron chi connectivity index (χ1n) is 7.55. The molecule has 0 aliphatic rings. The van der Waals surface area contributed by atoms with E-state index >= 15 is 0 Å². The summed E-state index contributed by atoms with van der Waals surface area (Å²) in [6.45, 7) is 0. The highest BCUT2D eigenvalue weighted by Gasteiger charge is 2.10. The molecule has 5 heteroatoms. The van der Waals surface area contributed by atoms with E-state index < -0.39 is 0 Å². The number of rotatable bonds is 4. The van der Waals surface area contributed by atoms with Gasteiger partial charge < -0.3 is 0 Å². The summed E-state index contributed by atoms with van der Waals surface area (Å²) in [5, 5.41) is 6.33. The molecule has 4 nitrogen and oxygen atoms in total. The Bertz CT molecular complexity index is 979. The van der Waals surface area contributed by atoms with Gasteiger partial charge >= 0.3 is 0 Å². The van der Waals surface area contributed by atoms with Crippen LogP contribution in [-0.4, -0.2) is 16.2 Å². The molecule has 0 saturated heterocycles. The van der Waals surface area contributed by atoms with Crippen LogP contribution in [0.3, 0.4) is 0 Å². The molecule has 2 aromatic heterocycles. The van der Waals surface area contributed by atoms with Crippen molar-refractivity contribution in [3.05, 3.63) is 77.0 Å². The Labute approximate surface area is 143 Å². The van der Waals surface area contributed by atoms with Gasteiger partial charge in [0.2, 0.25) is 0 Å². The first kappa shape index (κ1) is 14.5. The second kappa shape index (κ2) is 6.60. The van der Waals surface area contributed by atoms with E-state index in [0.29, 0.717) is 5.82 Å². The average Bonchev–Trinajstić information content (AvgIpc) is 3.15. The van der Waals surface area contributed by atoms with E-state index in [4.69, 9.17) is 4.98 Å². The van der Waals surface area contributed by atoms with Gasteiger partial charge in [-0.05, 0) is 23.6 Å². The molecule has 0 bridgehead atoms.